The zero-order chi connectivity index (χ0) is 19.7. The lowest BCUT2D eigenvalue weighted by Gasteiger charge is -2.25. The van der Waals surface area contributed by atoms with Crippen LogP contribution in [0.1, 0.15) is 6.42 Å². The van der Waals surface area contributed by atoms with Crippen molar-refractivity contribution in [2.24, 2.45) is 0 Å². The van der Waals surface area contributed by atoms with Crippen molar-refractivity contribution >= 4 is 40.8 Å². The molecule has 0 amide bonds. The van der Waals surface area contributed by atoms with Gasteiger partial charge in [0.1, 0.15) is 5.82 Å². The predicted molar refractivity (Wildman–Crippen MR) is 117 cm³/mol. The van der Waals surface area contributed by atoms with Crippen LogP contribution < -0.4 is 4.90 Å². The largest absolute Gasteiger partial charge is 0.354 e. The van der Waals surface area contributed by atoms with E-state index in [-0.39, 0.29) is 0 Å². The summed E-state index contributed by atoms with van der Waals surface area (Å²) in [6.45, 7) is 1.67. The molecule has 0 radical (unpaired) electrons. The average molecular weight is 434 g/mol. The molecule has 1 aliphatic rings. The summed E-state index contributed by atoms with van der Waals surface area (Å²) in [5.74, 6) is 0.819. The summed E-state index contributed by atoms with van der Waals surface area (Å²) < 4.78 is 1.82. The molecule has 144 valence electrons. The second-order valence-corrected chi connectivity index (χ2v) is 8.21. The van der Waals surface area contributed by atoms with Gasteiger partial charge in [-0.25, -0.2) is 9.40 Å². The molecule has 0 bridgehead atoms. The van der Waals surface area contributed by atoms with Crippen LogP contribution in [0.4, 0.5) is 5.82 Å². The Bertz CT molecular complexity index is 960. The lowest BCUT2D eigenvalue weighted by molar-refractivity contribution is 0.547. The molecule has 0 saturated carbocycles. The molecule has 4 nitrogen and oxygen atoms in total. The Morgan fingerprint density at radius 1 is 0.929 bits per heavy atom. The van der Waals surface area contributed by atoms with E-state index < -0.39 is 0 Å². The monoisotopic (exact) mass is 432 g/mol. The van der Waals surface area contributed by atoms with E-state index in [0.29, 0.717) is 16.1 Å². The number of hydrogen-bond acceptors (Lipinski definition) is 4. The van der Waals surface area contributed by atoms with Crippen molar-refractivity contribution in [3.63, 3.8) is 0 Å². The third-order valence-corrected chi connectivity index (χ3v) is 5.83. The van der Waals surface area contributed by atoms with E-state index in [0.717, 1.165) is 47.8 Å². The predicted octanol–water partition coefficient (Wildman–Crippen LogP) is 5.78. The quantitative estimate of drug-likeness (QED) is 0.488. The summed E-state index contributed by atoms with van der Waals surface area (Å²) in [6, 6.07) is 15.6. The van der Waals surface area contributed by atoms with Crippen molar-refractivity contribution < 1.29 is 0 Å². The van der Waals surface area contributed by atoms with Crippen LogP contribution in [0.15, 0.2) is 54.7 Å². The fourth-order valence-electron chi connectivity index (χ4n) is 3.38. The molecule has 28 heavy (non-hydrogen) atoms. The number of nitrogens with zero attached hydrogens (tertiary/aromatic N) is 4. The summed E-state index contributed by atoms with van der Waals surface area (Å²) in [4.78, 5) is 11.9. The van der Waals surface area contributed by atoms with Crippen LogP contribution in [-0.4, -0.2) is 40.6 Å². The fraction of sp³-hybridized carbons (Fsp3) is 0.238. The van der Waals surface area contributed by atoms with Gasteiger partial charge in [-0.15, -0.1) is 0 Å². The number of benzene rings is 2. The van der Waals surface area contributed by atoms with Crippen molar-refractivity contribution in [2.45, 2.75) is 12.5 Å². The van der Waals surface area contributed by atoms with E-state index in [2.05, 4.69) is 4.90 Å². The summed E-state index contributed by atoms with van der Waals surface area (Å²) in [7, 11) is 2.04. The zero-order valence-corrected chi connectivity index (χ0v) is 17.6. The van der Waals surface area contributed by atoms with Gasteiger partial charge < -0.3 is 4.90 Å². The van der Waals surface area contributed by atoms with Crippen molar-refractivity contribution in [3.8, 4) is 22.5 Å². The molecule has 0 aliphatic carbocycles. The van der Waals surface area contributed by atoms with E-state index in [1.165, 1.54) is 0 Å². The first-order valence-corrected chi connectivity index (χ1v) is 10.1. The molecule has 1 aromatic heterocycles. The topological polar surface area (TPSA) is 32.3 Å². The Labute approximate surface area is 179 Å². The van der Waals surface area contributed by atoms with Crippen LogP contribution in [-0.2, 0) is 0 Å². The molecule has 7 heteroatoms. The minimum atomic E-state index is 0.311. The van der Waals surface area contributed by atoms with E-state index in [1.54, 1.807) is 0 Å². The molecule has 1 saturated heterocycles. The van der Waals surface area contributed by atoms with Gasteiger partial charge in [0, 0.05) is 47.4 Å². The Kier molecular flexibility index (Phi) is 5.74. The first-order valence-electron chi connectivity index (χ1n) is 9.04. The molecule has 4 rings (SSSR count). The Hall–Kier alpha value is -1.85. The molecular weight excluding hydrogens is 415 g/mol. The first-order chi connectivity index (χ1) is 13.5. The molecule has 1 aliphatic heterocycles. The van der Waals surface area contributed by atoms with Crippen LogP contribution in [0, 0.1) is 0 Å². The number of hydrogen-bond donors (Lipinski definition) is 0. The highest BCUT2D eigenvalue weighted by atomic mass is 35.5. The smallest absolute Gasteiger partial charge is 0.147 e. The van der Waals surface area contributed by atoms with Gasteiger partial charge in [0.15, 0.2) is 0 Å². The molecular formula is C21H19Cl3N4. The van der Waals surface area contributed by atoms with Gasteiger partial charge in [-0.05, 0) is 42.5 Å². The normalized spacial score (nSPS) is 17.1. The van der Waals surface area contributed by atoms with Gasteiger partial charge in [0.2, 0.25) is 0 Å². The van der Waals surface area contributed by atoms with Crippen LogP contribution >= 0.6 is 35.0 Å². The molecule has 1 fully saturated rings. The Balaban J connectivity index is 1.78. The van der Waals surface area contributed by atoms with E-state index in [9.17, 15) is 0 Å². The number of halogens is 3. The SMILES string of the molecule is CN(c1cnc(-c2ccc(Cl)cc2)c(-c2ccc(Cl)cc2)n1)C1CCN(Cl)C1. The third-order valence-electron chi connectivity index (χ3n) is 5.02. The molecule has 1 unspecified atom stereocenters. The molecule has 0 N–H and O–H groups in total. The van der Waals surface area contributed by atoms with Crippen molar-refractivity contribution in [2.75, 3.05) is 25.0 Å². The summed E-state index contributed by atoms with van der Waals surface area (Å²) in [6.07, 6.45) is 2.82. The van der Waals surface area contributed by atoms with Crippen molar-refractivity contribution in [1.82, 2.24) is 14.4 Å². The van der Waals surface area contributed by atoms with Gasteiger partial charge in [-0.3, -0.25) is 4.98 Å². The summed E-state index contributed by atoms with van der Waals surface area (Å²) in [5.41, 5.74) is 3.54. The number of anilines is 1. The highest BCUT2D eigenvalue weighted by Gasteiger charge is 2.26. The second-order valence-electron chi connectivity index (χ2n) is 6.86. The first kappa shape index (κ1) is 19.5. The number of aromatic nitrogens is 2. The van der Waals surface area contributed by atoms with Gasteiger partial charge in [0.05, 0.1) is 17.6 Å². The summed E-state index contributed by atoms with van der Waals surface area (Å²) in [5, 5.41) is 1.37. The maximum absolute atomic E-state index is 6.15. The zero-order valence-electron chi connectivity index (χ0n) is 15.3. The van der Waals surface area contributed by atoms with Crippen molar-refractivity contribution in [3.05, 3.63) is 64.8 Å². The van der Waals surface area contributed by atoms with Crippen molar-refractivity contribution in [1.29, 1.82) is 0 Å². The standard InChI is InChI=1S/C21H19Cl3N4/c1-27(18-10-11-28(24)13-18)19-12-25-20(14-2-6-16(22)7-3-14)21(26-19)15-4-8-17(23)9-5-15/h2-9,12,18H,10-11,13H2,1H3. The lowest BCUT2D eigenvalue weighted by atomic mass is 10.0. The second kappa shape index (κ2) is 8.26. The van der Waals surface area contributed by atoms with Gasteiger partial charge in [-0.2, -0.15) is 0 Å². The van der Waals surface area contributed by atoms with E-state index in [4.69, 9.17) is 44.9 Å². The van der Waals surface area contributed by atoms with Crippen LogP contribution in [0.2, 0.25) is 10.0 Å². The fourth-order valence-corrected chi connectivity index (χ4v) is 3.89. The molecule has 0 spiro atoms. The Morgan fingerprint density at radius 3 is 2.04 bits per heavy atom. The maximum atomic E-state index is 6.15. The number of likely N-dealkylation sites (N-methyl/N-ethyl adjacent to an activating group) is 1. The average Bonchev–Trinajstić information content (AvgIpc) is 3.15. The third kappa shape index (κ3) is 4.11. The van der Waals surface area contributed by atoms with E-state index in [1.807, 2.05) is 66.2 Å². The molecule has 2 heterocycles. The Morgan fingerprint density at radius 2 is 1.50 bits per heavy atom. The lowest BCUT2D eigenvalue weighted by Crippen LogP contribution is -2.33. The molecule has 3 aromatic rings. The molecule has 1 atom stereocenters. The van der Waals surface area contributed by atoms with Gasteiger partial charge in [-0.1, -0.05) is 47.5 Å². The van der Waals surface area contributed by atoms with Gasteiger partial charge >= 0.3 is 0 Å². The van der Waals surface area contributed by atoms with Crippen LogP contribution in [0.3, 0.4) is 0 Å². The highest BCUT2D eigenvalue weighted by molar-refractivity contribution is 6.31. The minimum Gasteiger partial charge on any atom is -0.354 e. The molecule has 2 aromatic carbocycles. The number of rotatable bonds is 4. The minimum absolute atomic E-state index is 0.311. The van der Waals surface area contributed by atoms with E-state index >= 15 is 0 Å². The van der Waals surface area contributed by atoms with Gasteiger partial charge in [0.25, 0.3) is 0 Å². The maximum Gasteiger partial charge on any atom is 0.147 e. The summed E-state index contributed by atoms with van der Waals surface area (Å²) >= 11 is 18.3. The van der Waals surface area contributed by atoms with Crippen LogP contribution in [0.25, 0.3) is 22.5 Å². The highest BCUT2D eigenvalue weighted by Crippen LogP contribution is 2.32. The van der Waals surface area contributed by atoms with Crippen LogP contribution in [0.5, 0.6) is 0 Å².